The van der Waals surface area contributed by atoms with Gasteiger partial charge < -0.3 is 4.74 Å². The van der Waals surface area contributed by atoms with Gasteiger partial charge in [-0.05, 0) is 38.7 Å². The number of halogens is 3. The minimum Gasteiger partial charge on any atom is -0.465 e. The number of ether oxygens (including phenoxy) is 1. The Morgan fingerprint density at radius 2 is 2.17 bits per heavy atom. The lowest BCUT2D eigenvalue weighted by Gasteiger charge is -2.17. The molecular weight excluding hydrogens is 329 g/mol. The second-order valence-corrected chi connectivity index (χ2v) is 6.40. The highest BCUT2D eigenvalue weighted by Crippen LogP contribution is 2.42. The van der Waals surface area contributed by atoms with Crippen molar-refractivity contribution < 1.29 is 22.7 Å². The van der Waals surface area contributed by atoms with Gasteiger partial charge in [0.1, 0.15) is 16.3 Å². The fourth-order valence-corrected chi connectivity index (χ4v) is 3.46. The highest BCUT2D eigenvalue weighted by atomic mass is 32.2. The Morgan fingerprint density at radius 3 is 2.74 bits per heavy atom. The molecular formula is C15H15F3N2O2S. The molecule has 0 saturated carbocycles. The summed E-state index contributed by atoms with van der Waals surface area (Å²) in [4.78, 5) is 15.9. The first-order chi connectivity index (χ1) is 10.8. The molecule has 1 heterocycles. The van der Waals surface area contributed by atoms with Gasteiger partial charge in [0.05, 0.1) is 17.7 Å². The number of esters is 1. The zero-order valence-electron chi connectivity index (χ0n) is 12.7. The molecule has 1 aromatic rings. The van der Waals surface area contributed by atoms with E-state index in [1.807, 2.05) is 0 Å². The number of alkyl halides is 3. The molecule has 0 radical (unpaired) electrons. The second-order valence-electron chi connectivity index (χ2n) is 5.07. The number of carbonyl (C=O) groups excluding carboxylic acids is 1. The Labute approximate surface area is 136 Å². The summed E-state index contributed by atoms with van der Waals surface area (Å²) in [5, 5.41) is 8.43. The van der Waals surface area contributed by atoms with Gasteiger partial charge >= 0.3 is 12.1 Å². The Balaban J connectivity index is 2.49. The van der Waals surface area contributed by atoms with Crippen LogP contribution in [0.2, 0.25) is 0 Å². The molecule has 0 bridgehead atoms. The molecule has 0 aromatic carbocycles. The number of aromatic nitrogens is 1. The average Bonchev–Trinajstić information content (AvgIpc) is 2.92. The van der Waals surface area contributed by atoms with Crippen LogP contribution in [-0.4, -0.2) is 22.8 Å². The van der Waals surface area contributed by atoms with Crippen LogP contribution in [0, 0.1) is 11.3 Å². The Bertz CT molecular complexity index is 668. The van der Waals surface area contributed by atoms with Gasteiger partial charge in [0, 0.05) is 5.69 Å². The molecule has 0 N–H and O–H groups in total. The minimum absolute atomic E-state index is 0.0546. The Kier molecular flexibility index (Phi) is 5.19. The van der Waals surface area contributed by atoms with E-state index in [-0.39, 0.29) is 23.6 Å². The van der Waals surface area contributed by atoms with Gasteiger partial charge in [0.15, 0.2) is 0 Å². The van der Waals surface area contributed by atoms with Crippen LogP contribution in [0.4, 0.5) is 13.2 Å². The molecule has 23 heavy (non-hydrogen) atoms. The molecule has 1 unspecified atom stereocenters. The second kappa shape index (κ2) is 6.79. The van der Waals surface area contributed by atoms with Crippen LogP contribution >= 0.6 is 11.8 Å². The van der Waals surface area contributed by atoms with Gasteiger partial charge in [0.2, 0.25) is 0 Å². The maximum absolute atomic E-state index is 13.4. The topological polar surface area (TPSA) is 63.0 Å². The van der Waals surface area contributed by atoms with E-state index >= 15 is 0 Å². The lowest BCUT2D eigenvalue weighted by Crippen LogP contribution is -2.19. The fraction of sp³-hybridized carbons (Fsp3) is 0.533. The van der Waals surface area contributed by atoms with Crippen molar-refractivity contribution in [3.63, 3.8) is 0 Å². The lowest BCUT2D eigenvalue weighted by atomic mass is 10.0. The van der Waals surface area contributed by atoms with Crippen LogP contribution in [0.15, 0.2) is 5.03 Å². The lowest BCUT2D eigenvalue weighted by molar-refractivity contribution is -0.142. The van der Waals surface area contributed by atoms with E-state index in [4.69, 9.17) is 4.74 Å². The number of rotatable bonds is 4. The predicted octanol–water partition coefficient (Wildman–Crippen LogP) is 3.50. The van der Waals surface area contributed by atoms with Gasteiger partial charge in [-0.2, -0.15) is 18.4 Å². The summed E-state index contributed by atoms with van der Waals surface area (Å²) in [5.74, 6) is -0.544. The van der Waals surface area contributed by atoms with Crippen LogP contribution < -0.4 is 0 Å². The van der Waals surface area contributed by atoms with Gasteiger partial charge in [-0.1, -0.05) is 11.8 Å². The van der Waals surface area contributed by atoms with Gasteiger partial charge in [-0.25, -0.2) is 4.98 Å². The molecule has 1 aliphatic carbocycles. The molecule has 0 spiro atoms. The number of aryl methyl sites for hydroxylation is 1. The molecule has 0 aliphatic heterocycles. The number of nitrogens with zero attached hydrogens (tertiary/aromatic N) is 2. The Hall–Kier alpha value is -1.75. The van der Waals surface area contributed by atoms with Crippen molar-refractivity contribution in [1.82, 2.24) is 4.98 Å². The van der Waals surface area contributed by atoms with E-state index in [9.17, 15) is 23.2 Å². The average molecular weight is 344 g/mol. The monoisotopic (exact) mass is 344 g/mol. The maximum atomic E-state index is 13.4. The molecule has 1 atom stereocenters. The SMILES string of the molecule is CCOC(=O)C(C)Sc1nc2c(c(C(F)(F)F)c1C#N)CCC2. The molecule has 0 amide bonds. The number of thioether (sulfide) groups is 1. The van der Waals surface area contributed by atoms with Crippen molar-refractivity contribution >= 4 is 17.7 Å². The summed E-state index contributed by atoms with van der Waals surface area (Å²) in [6, 6.07) is 1.62. The first-order valence-corrected chi connectivity index (χ1v) is 8.03. The van der Waals surface area contributed by atoms with Crippen molar-refractivity contribution in [2.45, 2.75) is 49.6 Å². The molecule has 1 aromatic heterocycles. The van der Waals surface area contributed by atoms with Crippen LogP contribution in [0.25, 0.3) is 0 Å². The van der Waals surface area contributed by atoms with E-state index < -0.39 is 28.5 Å². The third-order valence-electron chi connectivity index (χ3n) is 3.49. The molecule has 0 fully saturated rings. The highest BCUT2D eigenvalue weighted by Gasteiger charge is 2.40. The number of fused-ring (bicyclic) bond motifs is 1. The minimum atomic E-state index is -4.62. The van der Waals surface area contributed by atoms with Gasteiger partial charge in [0.25, 0.3) is 0 Å². The summed E-state index contributed by atoms with van der Waals surface area (Å²) in [7, 11) is 0. The molecule has 1 aliphatic rings. The van der Waals surface area contributed by atoms with Crippen LogP contribution in [0.1, 0.15) is 42.7 Å². The molecule has 8 heteroatoms. The quantitative estimate of drug-likeness (QED) is 0.618. The molecule has 2 rings (SSSR count). The number of nitriles is 1. The van der Waals surface area contributed by atoms with Gasteiger partial charge in [-0.3, -0.25) is 4.79 Å². The van der Waals surface area contributed by atoms with Crippen LogP contribution in [0.5, 0.6) is 0 Å². The third-order valence-corrected chi connectivity index (χ3v) is 4.56. The molecule has 124 valence electrons. The van der Waals surface area contributed by atoms with Gasteiger partial charge in [-0.15, -0.1) is 0 Å². The van der Waals surface area contributed by atoms with E-state index in [1.165, 1.54) is 6.92 Å². The number of carbonyl (C=O) groups is 1. The van der Waals surface area contributed by atoms with Crippen molar-refractivity contribution in [3.05, 3.63) is 22.4 Å². The van der Waals surface area contributed by atoms with Crippen molar-refractivity contribution in [1.29, 1.82) is 5.26 Å². The van der Waals surface area contributed by atoms with Crippen molar-refractivity contribution in [2.75, 3.05) is 6.61 Å². The first-order valence-electron chi connectivity index (χ1n) is 7.15. The van der Waals surface area contributed by atoms with Crippen molar-refractivity contribution in [2.24, 2.45) is 0 Å². The number of hydrogen-bond acceptors (Lipinski definition) is 5. The third kappa shape index (κ3) is 3.61. The van der Waals surface area contributed by atoms with Crippen LogP contribution in [-0.2, 0) is 28.5 Å². The molecule has 4 nitrogen and oxygen atoms in total. The summed E-state index contributed by atoms with van der Waals surface area (Å²) >= 11 is 0.831. The number of pyridine rings is 1. The summed E-state index contributed by atoms with van der Waals surface area (Å²) in [6.07, 6.45) is -3.32. The van der Waals surface area contributed by atoms with E-state index in [0.717, 1.165) is 11.8 Å². The van der Waals surface area contributed by atoms with E-state index in [0.29, 0.717) is 18.5 Å². The smallest absolute Gasteiger partial charge is 0.418 e. The zero-order valence-corrected chi connectivity index (χ0v) is 13.5. The molecule has 0 saturated heterocycles. The standard InChI is InChI=1S/C15H15F3N2O2S/c1-3-22-14(21)8(2)23-13-10(7-19)12(15(16,17)18)9-5-4-6-11(9)20-13/h8H,3-6H2,1-2H3. The van der Waals surface area contributed by atoms with E-state index in [2.05, 4.69) is 4.98 Å². The summed E-state index contributed by atoms with van der Waals surface area (Å²) in [6.45, 7) is 3.34. The number of hydrogen-bond donors (Lipinski definition) is 0. The summed E-state index contributed by atoms with van der Waals surface area (Å²) < 4.78 is 45.1. The maximum Gasteiger partial charge on any atom is 0.418 e. The first kappa shape index (κ1) is 17.6. The predicted molar refractivity (Wildman–Crippen MR) is 77.9 cm³/mol. The van der Waals surface area contributed by atoms with Crippen molar-refractivity contribution in [3.8, 4) is 6.07 Å². The fourth-order valence-electron chi connectivity index (χ4n) is 2.53. The highest BCUT2D eigenvalue weighted by molar-refractivity contribution is 8.00. The zero-order chi connectivity index (χ0) is 17.2. The normalized spacial score (nSPS) is 15.0. The van der Waals surface area contributed by atoms with E-state index in [1.54, 1.807) is 13.0 Å². The Morgan fingerprint density at radius 1 is 1.48 bits per heavy atom. The van der Waals surface area contributed by atoms with Crippen LogP contribution in [0.3, 0.4) is 0 Å². The largest absolute Gasteiger partial charge is 0.465 e. The summed E-state index contributed by atoms with van der Waals surface area (Å²) in [5.41, 5.74) is -0.919.